The van der Waals surface area contributed by atoms with Gasteiger partial charge in [0.05, 0.1) is 5.69 Å². The number of halogens is 3. The third kappa shape index (κ3) is 2.44. The molecule has 0 aromatic carbocycles. The topological polar surface area (TPSA) is 47.2 Å². The van der Waals surface area contributed by atoms with Crippen LogP contribution in [0, 0.1) is 0 Å². The van der Waals surface area contributed by atoms with Crippen LogP contribution >= 0.6 is 0 Å². The summed E-state index contributed by atoms with van der Waals surface area (Å²) in [7, 11) is 1.36. The smallest absolute Gasteiger partial charge is 0.270 e. The number of nitrogens with zero attached hydrogens (tertiary/aromatic N) is 3. The molecule has 4 nitrogen and oxygen atoms in total. The van der Waals surface area contributed by atoms with Gasteiger partial charge in [0, 0.05) is 7.05 Å². The molecule has 0 fully saturated rings. The Morgan fingerprint density at radius 2 is 2.20 bits per heavy atom. The third-order valence-electron chi connectivity index (χ3n) is 1.88. The van der Waals surface area contributed by atoms with E-state index in [4.69, 9.17) is 0 Å². The van der Waals surface area contributed by atoms with Crippen molar-refractivity contribution in [1.29, 1.82) is 0 Å². The predicted molar refractivity (Wildman–Crippen MR) is 44.7 cm³/mol. The van der Waals surface area contributed by atoms with Gasteiger partial charge in [0.2, 0.25) is 6.08 Å². The lowest BCUT2D eigenvalue weighted by molar-refractivity contribution is -0.141. The highest BCUT2D eigenvalue weighted by Gasteiger charge is 2.35. The average Bonchev–Trinajstić information content (AvgIpc) is 2.47. The maximum absolute atomic E-state index is 12.2. The molecule has 0 aliphatic carbocycles. The van der Waals surface area contributed by atoms with E-state index in [1.807, 2.05) is 0 Å². The Kier molecular flexibility index (Phi) is 2.95. The van der Waals surface area contributed by atoms with Crippen molar-refractivity contribution in [2.24, 2.45) is 12.0 Å². The maximum Gasteiger partial charge on any atom is 0.435 e. The van der Waals surface area contributed by atoms with Crippen LogP contribution in [0.1, 0.15) is 24.4 Å². The Morgan fingerprint density at radius 1 is 1.60 bits per heavy atom. The molecule has 0 N–H and O–H groups in total. The molecular formula is C8H8F3N3O. The number of carbonyl (C=O) groups excluding carboxylic acids is 1. The van der Waals surface area contributed by atoms with Gasteiger partial charge in [-0.25, -0.2) is 4.79 Å². The summed E-state index contributed by atoms with van der Waals surface area (Å²) in [6.45, 7) is 1.49. The van der Waals surface area contributed by atoms with E-state index in [-0.39, 0.29) is 5.69 Å². The Bertz CT molecular complexity index is 404. The number of rotatable bonds is 2. The molecule has 0 bridgehead atoms. The summed E-state index contributed by atoms with van der Waals surface area (Å²) in [6.07, 6.45) is -3.19. The highest BCUT2D eigenvalue weighted by molar-refractivity contribution is 5.34. The second kappa shape index (κ2) is 3.86. The first-order valence-corrected chi connectivity index (χ1v) is 4.04. The van der Waals surface area contributed by atoms with Gasteiger partial charge in [0.15, 0.2) is 5.69 Å². The number of aromatic nitrogens is 2. The van der Waals surface area contributed by atoms with Gasteiger partial charge < -0.3 is 0 Å². The number of hydrogen-bond donors (Lipinski definition) is 0. The van der Waals surface area contributed by atoms with Crippen LogP contribution in [0.2, 0.25) is 0 Å². The molecule has 1 rings (SSSR count). The molecule has 0 aliphatic rings. The lowest BCUT2D eigenvalue weighted by Crippen LogP contribution is -2.06. The lowest BCUT2D eigenvalue weighted by atomic mass is 10.2. The standard InChI is InChI=1S/C8H8F3N3O/c1-5(12-4-15)6-3-7(8(9,10)11)13-14(6)2/h3,5H,1-2H3. The number of alkyl halides is 3. The van der Waals surface area contributed by atoms with Crippen molar-refractivity contribution in [1.82, 2.24) is 9.78 Å². The van der Waals surface area contributed by atoms with Crippen molar-refractivity contribution < 1.29 is 18.0 Å². The molecule has 0 aliphatic heterocycles. The maximum atomic E-state index is 12.2. The number of isocyanates is 1. The van der Waals surface area contributed by atoms with E-state index in [0.29, 0.717) is 0 Å². The van der Waals surface area contributed by atoms with Crippen LogP contribution in [0.25, 0.3) is 0 Å². The summed E-state index contributed by atoms with van der Waals surface area (Å²) in [5, 5.41) is 3.29. The van der Waals surface area contributed by atoms with Gasteiger partial charge in [-0.1, -0.05) is 0 Å². The fourth-order valence-corrected chi connectivity index (χ4v) is 1.16. The van der Waals surface area contributed by atoms with Gasteiger partial charge >= 0.3 is 6.18 Å². The van der Waals surface area contributed by atoms with Gasteiger partial charge in [0.25, 0.3) is 0 Å². The highest BCUT2D eigenvalue weighted by atomic mass is 19.4. The zero-order valence-electron chi connectivity index (χ0n) is 8.04. The minimum atomic E-state index is -4.49. The second-order valence-electron chi connectivity index (χ2n) is 2.97. The van der Waals surface area contributed by atoms with Gasteiger partial charge in [-0.15, -0.1) is 0 Å². The fraction of sp³-hybridized carbons (Fsp3) is 0.500. The van der Waals surface area contributed by atoms with Crippen LogP contribution in [0.4, 0.5) is 13.2 Å². The zero-order valence-corrected chi connectivity index (χ0v) is 8.04. The third-order valence-corrected chi connectivity index (χ3v) is 1.88. The largest absolute Gasteiger partial charge is 0.435 e. The minimum Gasteiger partial charge on any atom is -0.270 e. The fourth-order valence-electron chi connectivity index (χ4n) is 1.16. The predicted octanol–water partition coefficient (Wildman–Crippen LogP) is 1.84. The van der Waals surface area contributed by atoms with E-state index in [1.165, 1.54) is 20.1 Å². The number of aliphatic imine (C=N–C) groups is 1. The number of hydrogen-bond acceptors (Lipinski definition) is 3. The molecule has 82 valence electrons. The van der Waals surface area contributed by atoms with Crippen molar-refractivity contribution in [2.45, 2.75) is 19.1 Å². The van der Waals surface area contributed by atoms with Crippen LogP contribution in [-0.4, -0.2) is 15.9 Å². The Balaban J connectivity index is 3.12. The molecule has 1 aromatic rings. The van der Waals surface area contributed by atoms with Crippen LogP contribution < -0.4 is 0 Å². The van der Waals surface area contributed by atoms with Gasteiger partial charge in [-0.2, -0.15) is 23.3 Å². The summed E-state index contributed by atoms with van der Waals surface area (Å²) in [5.41, 5.74) is -0.779. The molecule has 0 saturated carbocycles. The van der Waals surface area contributed by atoms with Crippen LogP contribution in [0.3, 0.4) is 0 Å². The molecule has 0 spiro atoms. The molecular weight excluding hydrogens is 211 g/mol. The van der Waals surface area contributed by atoms with Crippen molar-refractivity contribution >= 4 is 6.08 Å². The van der Waals surface area contributed by atoms with Gasteiger partial charge in [-0.3, -0.25) is 4.68 Å². The van der Waals surface area contributed by atoms with E-state index < -0.39 is 17.9 Å². The Labute approximate surface area is 83.4 Å². The first kappa shape index (κ1) is 11.5. The molecule has 1 unspecified atom stereocenters. The quantitative estimate of drug-likeness (QED) is 0.562. The first-order valence-electron chi connectivity index (χ1n) is 4.04. The van der Waals surface area contributed by atoms with E-state index in [2.05, 4.69) is 10.1 Å². The Hall–Kier alpha value is -1.62. The van der Waals surface area contributed by atoms with Crippen molar-refractivity contribution in [3.8, 4) is 0 Å². The minimum absolute atomic E-state index is 0.214. The molecule has 0 saturated heterocycles. The molecule has 0 radical (unpaired) electrons. The monoisotopic (exact) mass is 219 g/mol. The SMILES string of the molecule is CC(N=C=O)c1cc(C(F)(F)F)nn1C. The highest BCUT2D eigenvalue weighted by Crippen LogP contribution is 2.30. The van der Waals surface area contributed by atoms with E-state index in [1.54, 1.807) is 0 Å². The summed E-state index contributed by atoms with van der Waals surface area (Å²) in [4.78, 5) is 13.3. The molecule has 1 heterocycles. The van der Waals surface area contributed by atoms with Crippen molar-refractivity contribution in [2.75, 3.05) is 0 Å². The first-order chi connectivity index (χ1) is 6.86. The lowest BCUT2D eigenvalue weighted by Gasteiger charge is -2.02. The molecule has 1 aromatic heterocycles. The average molecular weight is 219 g/mol. The number of aryl methyl sites for hydroxylation is 1. The molecule has 1 atom stereocenters. The van der Waals surface area contributed by atoms with Crippen molar-refractivity contribution in [3.05, 3.63) is 17.5 Å². The summed E-state index contributed by atoms with van der Waals surface area (Å²) < 4.78 is 37.8. The van der Waals surface area contributed by atoms with E-state index in [9.17, 15) is 18.0 Å². The van der Waals surface area contributed by atoms with Gasteiger partial charge in [-0.05, 0) is 13.0 Å². The molecule has 15 heavy (non-hydrogen) atoms. The molecule has 0 amide bonds. The van der Waals surface area contributed by atoms with Crippen LogP contribution in [-0.2, 0) is 18.0 Å². The van der Waals surface area contributed by atoms with E-state index in [0.717, 1.165) is 10.7 Å². The summed E-state index contributed by atoms with van der Waals surface area (Å²) >= 11 is 0. The van der Waals surface area contributed by atoms with Gasteiger partial charge in [0.1, 0.15) is 6.04 Å². The normalized spacial score (nSPS) is 13.4. The Morgan fingerprint density at radius 3 is 2.60 bits per heavy atom. The summed E-state index contributed by atoms with van der Waals surface area (Å²) in [6, 6.07) is 0.182. The van der Waals surface area contributed by atoms with Crippen LogP contribution in [0.15, 0.2) is 11.1 Å². The zero-order chi connectivity index (χ0) is 11.6. The van der Waals surface area contributed by atoms with E-state index >= 15 is 0 Å². The molecule has 7 heteroatoms. The van der Waals surface area contributed by atoms with Crippen LogP contribution in [0.5, 0.6) is 0 Å². The van der Waals surface area contributed by atoms with Crippen molar-refractivity contribution in [3.63, 3.8) is 0 Å². The summed E-state index contributed by atoms with van der Waals surface area (Å²) in [5.74, 6) is 0. The second-order valence-corrected chi connectivity index (χ2v) is 2.97.